The number of ether oxygens (including phenoxy) is 1. The molecule has 0 aromatic heterocycles. The molecule has 0 spiro atoms. The summed E-state index contributed by atoms with van der Waals surface area (Å²) in [6.07, 6.45) is 5.59. The monoisotopic (exact) mass is 364 g/mol. The van der Waals surface area contributed by atoms with Crippen LogP contribution in [0.1, 0.15) is 32.6 Å². The zero-order valence-electron chi connectivity index (χ0n) is 9.09. The van der Waals surface area contributed by atoms with Crippen molar-refractivity contribution in [2.75, 3.05) is 11.8 Å². The van der Waals surface area contributed by atoms with E-state index in [9.17, 15) is 0 Å². The van der Waals surface area contributed by atoms with Crippen LogP contribution in [0.25, 0.3) is 0 Å². The van der Waals surface area contributed by atoms with Crippen LogP contribution in [-0.4, -0.2) is 27.9 Å². The van der Waals surface area contributed by atoms with Gasteiger partial charge in [0.15, 0.2) is 0 Å². The molecule has 0 saturated heterocycles. The van der Waals surface area contributed by atoms with Gasteiger partial charge in [0.05, 0.1) is 16.1 Å². The van der Waals surface area contributed by atoms with E-state index in [0.29, 0.717) is 21.8 Å². The predicted molar refractivity (Wildman–Crippen MR) is 75.5 cm³/mol. The van der Waals surface area contributed by atoms with E-state index < -0.39 is 0 Å². The second-order valence-corrected chi connectivity index (χ2v) is 6.35. The van der Waals surface area contributed by atoms with Gasteiger partial charge in [-0.05, 0) is 25.2 Å². The van der Waals surface area contributed by atoms with Gasteiger partial charge in [0.2, 0.25) is 0 Å². The third-order valence-corrected chi connectivity index (χ3v) is 5.53. The van der Waals surface area contributed by atoms with Crippen molar-refractivity contribution in [3.8, 4) is 0 Å². The molecule has 0 amide bonds. The summed E-state index contributed by atoms with van der Waals surface area (Å²) in [5, 5.41) is 0. The highest BCUT2D eigenvalue weighted by atomic mass is 127. The molecule has 4 heteroatoms. The van der Waals surface area contributed by atoms with Crippen molar-refractivity contribution in [2.45, 2.75) is 48.7 Å². The van der Waals surface area contributed by atoms with E-state index in [2.05, 4.69) is 29.5 Å². The lowest BCUT2D eigenvalue weighted by Crippen LogP contribution is -2.37. The summed E-state index contributed by atoms with van der Waals surface area (Å²) in [5.41, 5.74) is 0. The molecule has 0 aromatic carbocycles. The van der Waals surface area contributed by atoms with Gasteiger partial charge in [-0.1, -0.05) is 35.9 Å². The highest BCUT2D eigenvalue weighted by Crippen LogP contribution is 2.34. The lowest BCUT2D eigenvalue weighted by atomic mass is 9.80. The lowest BCUT2D eigenvalue weighted by Gasteiger charge is -2.36. The van der Waals surface area contributed by atoms with E-state index in [1.807, 2.05) is 0 Å². The van der Waals surface area contributed by atoms with Crippen LogP contribution < -0.4 is 0 Å². The summed E-state index contributed by atoms with van der Waals surface area (Å²) in [5.74, 6) is 1.92. The SMILES string of the molecule is CCC(OC(CCl)C(I)CCl)C1CCC1. The minimum atomic E-state index is 0.107. The van der Waals surface area contributed by atoms with Crippen LogP contribution in [0.4, 0.5) is 0 Å². The molecule has 0 heterocycles. The first-order valence-electron chi connectivity index (χ1n) is 5.64. The minimum absolute atomic E-state index is 0.107. The number of halogens is 3. The quantitative estimate of drug-likeness (QED) is 0.485. The number of hydrogen-bond acceptors (Lipinski definition) is 1. The van der Waals surface area contributed by atoms with Crippen molar-refractivity contribution >= 4 is 45.8 Å². The fraction of sp³-hybridized carbons (Fsp3) is 1.00. The molecular formula is C11H19Cl2IO. The maximum absolute atomic E-state index is 6.08. The van der Waals surface area contributed by atoms with Crippen LogP contribution >= 0.6 is 45.8 Å². The Bertz CT molecular complexity index is 165. The summed E-state index contributed by atoms with van der Waals surface area (Å²) in [7, 11) is 0. The Kier molecular flexibility index (Phi) is 7.23. The van der Waals surface area contributed by atoms with Gasteiger partial charge in [-0.2, -0.15) is 0 Å². The van der Waals surface area contributed by atoms with Gasteiger partial charge < -0.3 is 4.74 Å². The largest absolute Gasteiger partial charge is 0.372 e. The molecule has 0 N–H and O–H groups in total. The van der Waals surface area contributed by atoms with Gasteiger partial charge in [0.25, 0.3) is 0 Å². The van der Waals surface area contributed by atoms with E-state index in [1.165, 1.54) is 19.3 Å². The smallest absolute Gasteiger partial charge is 0.0843 e. The van der Waals surface area contributed by atoms with Crippen LogP contribution in [0, 0.1) is 5.92 Å². The second kappa shape index (κ2) is 7.57. The molecule has 1 aliphatic rings. The van der Waals surface area contributed by atoms with Crippen molar-refractivity contribution in [2.24, 2.45) is 5.92 Å². The molecule has 0 aromatic rings. The van der Waals surface area contributed by atoms with Gasteiger partial charge in [-0.15, -0.1) is 23.2 Å². The van der Waals surface area contributed by atoms with E-state index in [0.717, 1.165) is 12.3 Å². The Morgan fingerprint density at radius 1 is 1.33 bits per heavy atom. The molecule has 1 saturated carbocycles. The molecule has 0 radical (unpaired) electrons. The van der Waals surface area contributed by atoms with Gasteiger partial charge in [-0.25, -0.2) is 0 Å². The van der Waals surface area contributed by atoms with Crippen molar-refractivity contribution in [1.82, 2.24) is 0 Å². The molecule has 15 heavy (non-hydrogen) atoms. The molecule has 0 bridgehead atoms. The average Bonchev–Trinajstić information content (AvgIpc) is 2.20. The minimum Gasteiger partial charge on any atom is -0.372 e. The molecule has 0 aliphatic heterocycles. The third-order valence-electron chi connectivity index (χ3n) is 3.13. The molecule has 1 rings (SSSR count). The Hall–Kier alpha value is 1.27. The molecular weight excluding hydrogens is 346 g/mol. The predicted octanol–water partition coefficient (Wildman–Crippen LogP) is 4.23. The van der Waals surface area contributed by atoms with Crippen molar-refractivity contribution in [3.63, 3.8) is 0 Å². The molecule has 3 unspecified atom stereocenters. The maximum atomic E-state index is 6.08. The average molecular weight is 365 g/mol. The fourth-order valence-electron chi connectivity index (χ4n) is 1.89. The third kappa shape index (κ3) is 4.21. The van der Waals surface area contributed by atoms with Crippen LogP contribution in [0.5, 0.6) is 0 Å². The Labute approximate surface area is 116 Å². The van der Waals surface area contributed by atoms with Gasteiger partial charge in [0, 0.05) is 11.8 Å². The molecule has 90 valence electrons. The standard InChI is InChI=1S/C11H19Cl2IO/c1-2-10(8-4-3-5-8)15-11(7-13)9(14)6-12/h8-11H,2-7H2,1H3. The first-order valence-corrected chi connectivity index (χ1v) is 7.95. The zero-order chi connectivity index (χ0) is 11.3. The summed E-state index contributed by atoms with van der Waals surface area (Å²) < 4.78 is 6.40. The Balaban J connectivity index is 2.39. The van der Waals surface area contributed by atoms with E-state index in [1.54, 1.807) is 0 Å². The molecule has 1 aliphatic carbocycles. The second-order valence-electron chi connectivity index (χ2n) is 4.14. The lowest BCUT2D eigenvalue weighted by molar-refractivity contribution is -0.0513. The van der Waals surface area contributed by atoms with Crippen molar-refractivity contribution < 1.29 is 4.74 Å². The molecule has 1 fully saturated rings. The van der Waals surface area contributed by atoms with E-state index in [-0.39, 0.29) is 6.10 Å². The first-order chi connectivity index (χ1) is 7.22. The van der Waals surface area contributed by atoms with E-state index in [4.69, 9.17) is 27.9 Å². The van der Waals surface area contributed by atoms with Gasteiger partial charge in [0.1, 0.15) is 0 Å². The van der Waals surface area contributed by atoms with E-state index >= 15 is 0 Å². The highest BCUT2D eigenvalue weighted by molar-refractivity contribution is 14.1. The molecule has 1 nitrogen and oxygen atoms in total. The normalized spacial score (nSPS) is 23.2. The molecule has 3 atom stereocenters. The first kappa shape index (κ1) is 14.3. The van der Waals surface area contributed by atoms with Crippen LogP contribution in [0.15, 0.2) is 0 Å². The summed E-state index contributed by atoms with van der Waals surface area (Å²) in [4.78, 5) is 0. The number of hydrogen-bond donors (Lipinski definition) is 0. The van der Waals surface area contributed by atoms with Crippen LogP contribution in [-0.2, 0) is 4.74 Å². The van der Waals surface area contributed by atoms with Gasteiger partial charge in [-0.3, -0.25) is 0 Å². The van der Waals surface area contributed by atoms with Crippen LogP contribution in [0.3, 0.4) is 0 Å². The van der Waals surface area contributed by atoms with Crippen molar-refractivity contribution in [1.29, 1.82) is 0 Å². The van der Waals surface area contributed by atoms with Gasteiger partial charge >= 0.3 is 0 Å². The zero-order valence-corrected chi connectivity index (χ0v) is 12.8. The highest BCUT2D eigenvalue weighted by Gasteiger charge is 2.30. The topological polar surface area (TPSA) is 9.23 Å². The van der Waals surface area contributed by atoms with Crippen LogP contribution in [0.2, 0.25) is 0 Å². The number of alkyl halides is 3. The Morgan fingerprint density at radius 2 is 2.00 bits per heavy atom. The Morgan fingerprint density at radius 3 is 2.33 bits per heavy atom. The van der Waals surface area contributed by atoms with Crippen molar-refractivity contribution in [3.05, 3.63) is 0 Å². The maximum Gasteiger partial charge on any atom is 0.0843 e. The summed E-state index contributed by atoms with van der Waals surface area (Å²) in [6.45, 7) is 2.19. The summed E-state index contributed by atoms with van der Waals surface area (Å²) >= 11 is 14.1. The number of rotatable bonds is 7. The fourth-order valence-corrected chi connectivity index (χ4v) is 3.11. The summed E-state index contributed by atoms with van der Waals surface area (Å²) in [6, 6.07) is 0.